The number of anilines is 1. The van der Waals surface area contributed by atoms with Crippen molar-refractivity contribution < 1.29 is 22.7 Å². The van der Waals surface area contributed by atoms with Crippen LogP contribution in [0.25, 0.3) is 0 Å². The van der Waals surface area contributed by atoms with Crippen molar-refractivity contribution in [2.24, 2.45) is 5.73 Å². The highest BCUT2D eigenvalue weighted by atomic mass is 32.2. The molecular formula is C18H26N4O5S. The van der Waals surface area contributed by atoms with Gasteiger partial charge in [0, 0.05) is 38.3 Å². The van der Waals surface area contributed by atoms with Crippen LogP contribution in [0.4, 0.5) is 5.69 Å². The molecule has 0 spiro atoms. The molecule has 9 nitrogen and oxygen atoms in total. The summed E-state index contributed by atoms with van der Waals surface area (Å²) in [5, 5.41) is 0. The third-order valence-corrected chi connectivity index (χ3v) is 6.68. The van der Waals surface area contributed by atoms with Gasteiger partial charge in [0.15, 0.2) is 0 Å². The second-order valence-corrected chi connectivity index (χ2v) is 8.58. The van der Waals surface area contributed by atoms with Gasteiger partial charge in [-0.2, -0.15) is 4.72 Å². The Morgan fingerprint density at radius 1 is 1.29 bits per heavy atom. The number of nitrogens with zero attached hydrogens (tertiary/aromatic N) is 2. The van der Waals surface area contributed by atoms with Gasteiger partial charge in [0.2, 0.25) is 21.8 Å². The van der Waals surface area contributed by atoms with Gasteiger partial charge in [0.1, 0.15) is 6.04 Å². The summed E-state index contributed by atoms with van der Waals surface area (Å²) in [5.41, 5.74) is 6.74. The van der Waals surface area contributed by atoms with Crippen LogP contribution in [0.5, 0.6) is 0 Å². The Kier molecular flexibility index (Phi) is 6.33. The molecule has 2 saturated heterocycles. The molecule has 0 saturated carbocycles. The van der Waals surface area contributed by atoms with Crippen LogP contribution in [0, 0.1) is 6.92 Å². The van der Waals surface area contributed by atoms with E-state index < -0.39 is 16.1 Å². The summed E-state index contributed by atoms with van der Waals surface area (Å²) in [5.74, 6) is -0.383. The number of carbonyl (C=O) groups is 2. The Labute approximate surface area is 164 Å². The number of ether oxygens (including phenoxy) is 1. The molecule has 0 aliphatic carbocycles. The summed E-state index contributed by atoms with van der Waals surface area (Å²) in [6, 6.07) is 3.74. The number of hydrogen-bond donors (Lipinski definition) is 2. The minimum Gasteiger partial charge on any atom is -0.378 e. The van der Waals surface area contributed by atoms with Gasteiger partial charge in [0.05, 0.1) is 18.1 Å². The Morgan fingerprint density at radius 3 is 2.61 bits per heavy atom. The molecule has 2 aliphatic rings. The van der Waals surface area contributed by atoms with Crippen LogP contribution >= 0.6 is 0 Å². The molecule has 3 rings (SSSR count). The van der Waals surface area contributed by atoms with Gasteiger partial charge in [-0.25, -0.2) is 8.42 Å². The monoisotopic (exact) mass is 410 g/mol. The molecule has 0 aromatic heterocycles. The largest absolute Gasteiger partial charge is 0.378 e. The standard InChI is InChI=1S/C18H26N4O5S/c1-13-15(22-7-3-6-17(22)23)4-2-5-16(13)28(25,26)20-14(12-19)18(24)21-8-10-27-11-9-21/h2,4-5,14,20H,3,6-12,19H2,1H3/t14-/m0/s1. The molecule has 28 heavy (non-hydrogen) atoms. The first kappa shape index (κ1) is 20.7. The Hall–Kier alpha value is -2.01. The average molecular weight is 410 g/mol. The van der Waals surface area contributed by atoms with Crippen molar-refractivity contribution in [2.75, 3.05) is 44.3 Å². The van der Waals surface area contributed by atoms with E-state index in [9.17, 15) is 18.0 Å². The lowest BCUT2D eigenvalue weighted by Crippen LogP contribution is -2.54. The molecule has 10 heteroatoms. The smallest absolute Gasteiger partial charge is 0.242 e. The van der Waals surface area contributed by atoms with E-state index >= 15 is 0 Å². The summed E-state index contributed by atoms with van der Waals surface area (Å²) in [6.45, 7) is 3.72. The van der Waals surface area contributed by atoms with Crippen molar-refractivity contribution in [3.05, 3.63) is 23.8 Å². The van der Waals surface area contributed by atoms with E-state index in [0.29, 0.717) is 50.5 Å². The van der Waals surface area contributed by atoms with Crippen molar-refractivity contribution in [3.8, 4) is 0 Å². The van der Waals surface area contributed by atoms with Crippen molar-refractivity contribution in [1.29, 1.82) is 0 Å². The molecule has 2 heterocycles. The summed E-state index contributed by atoms with van der Waals surface area (Å²) >= 11 is 0. The number of amides is 2. The molecule has 2 aliphatic heterocycles. The lowest BCUT2D eigenvalue weighted by Gasteiger charge is -2.30. The van der Waals surface area contributed by atoms with Gasteiger partial charge < -0.3 is 20.3 Å². The first-order valence-electron chi connectivity index (χ1n) is 9.34. The fraction of sp³-hybridized carbons (Fsp3) is 0.556. The second-order valence-electron chi connectivity index (χ2n) is 6.90. The normalized spacial score (nSPS) is 19.1. The highest BCUT2D eigenvalue weighted by Gasteiger charge is 2.31. The zero-order chi connectivity index (χ0) is 20.3. The lowest BCUT2D eigenvalue weighted by molar-refractivity contribution is -0.136. The van der Waals surface area contributed by atoms with E-state index in [1.807, 2.05) is 0 Å². The minimum absolute atomic E-state index is 0.0204. The maximum Gasteiger partial charge on any atom is 0.242 e. The topological polar surface area (TPSA) is 122 Å². The van der Waals surface area contributed by atoms with Crippen LogP contribution in [0.3, 0.4) is 0 Å². The zero-order valence-electron chi connectivity index (χ0n) is 15.9. The van der Waals surface area contributed by atoms with Gasteiger partial charge >= 0.3 is 0 Å². The minimum atomic E-state index is -4.00. The van der Waals surface area contributed by atoms with Crippen molar-refractivity contribution >= 4 is 27.5 Å². The van der Waals surface area contributed by atoms with Gasteiger partial charge in [0.25, 0.3) is 0 Å². The van der Waals surface area contributed by atoms with E-state index in [0.717, 1.165) is 6.42 Å². The van der Waals surface area contributed by atoms with Crippen LogP contribution in [-0.4, -0.2) is 70.6 Å². The molecule has 154 valence electrons. The second kappa shape index (κ2) is 8.56. The molecule has 3 N–H and O–H groups in total. The molecule has 1 aromatic rings. The summed E-state index contributed by atoms with van der Waals surface area (Å²) in [4.78, 5) is 27.9. The third-order valence-electron chi connectivity index (χ3n) is 5.06. The van der Waals surface area contributed by atoms with E-state index in [1.54, 1.807) is 28.9 Å². The van der Waals surface area contributed by atoms with Crippen LogP contribution in [0.1, 0.15) is 18.4 Å². The van der Waals surface area contributed by atoms with Gasteiger partial charge in [-0.1, -0.05) is 6.07 Å². The predicted octanol–water partition coefficient (Wildman–Crippen LogP) is -0.414. The van der Waals surface area contributed by atoms with Crippen LogP contribution in [0.15, 0.2) is 23.1 Å². The number of nitrogens with one attached hydrogen (secondary N) is 1. The molecule has 1 aromatic carbocycles. The number of morpholine rings is 1. The fourth-order valence-electron chi connectivity index (χ4n) is 3.54. The maximum absolute atomic E-state index is 13.0. The SMILES string of the molecule is Cc1c(N2CCCC2=O)cccc1S(=O)(=O)N[C@@H](CN)C(=O)N1CCOCC1. The van der Waals surface area contributed by atoms with Gasteiger partial charge in [-0.05, 0) is 31.0 Å². The predicted molar refractivity (Wildman–Crippen MR) is 103 cm³/mol. The van der Waals surface area contributed by atoms with Crippen LogP contribution in [-0.2, 0) is 24.3 Å². The number of carbonyl (C=O) groups excluding carboxylic acids is 2. The number of benzene rings is 1. The number of nitrogens with two attached hydrogens (primary N) is 1. The average Bonchev–Trinajstić information content (AvgIpc) is 3.12. The fourth-order valence-corrected chi connectivity index (χ4v) is 5.01. The quantitative estimate of drug-likeness (QED) is 0.657. The zero-order valence-corrected chi connectivity index (χ0v) is 16.7. The van der Waals surface area contributed by atoms with E-state index in [2.05, 4.69) is 4.72 Å². The molecule has 0 bridgehead atoms. The van der Waals surface area contributed by atoms with E-state index in [4.69, 9.17) is 10.5 Å². The summed E-state index contributed by atoms with van der Waals surface area (Å²) < 4.78 is 33.6. The highest BCUT2D eigenvalue weighted by Crippen LogP contribution is 2.29. The number of hydrogen-bond acceptors (Lipinski definition) is 6. The van der Waals surface area contributed by atoms with Crippen LogP contribution < -0.4 is 15.4 Å². The van der Waals surface area contributed by atoms with Crippen LogP contribution in [0.2, 0.25) is 0 Å². The lowest BCUT2D eigenvalue weighted by atomic mass is 10.2. The molecular weight excluding hydrogens is 384 g/mol. The molecule has 0 radical (unpaired) electrons. The van der Waals surface area contributed by atoms with Gasteiger partial charge in [-0.15, -0.1) is 0 Å². The van der Waals surface area contributed by atoms with Crippen molar-refractivity contribution in [3.63, 3.8) is 0 Å². The first-order chi connectivity index (χ1) is 13.3. The van der Waals surface area contributed by atoms with Crippen molar-refractivity contribution in [2.45, 2.75) is 30.7 Å². The summed E-state index contributed by atoms with van der Waals surface area (Å²) in [7, 11) is -4.00. The molecule has 1 atom stereocenters. The molecule has 2 fully saturated rings. The number of rotatable bonds is 6. The highest BCUT2D eigenvalue weighted by molar-refractivity contribution is 7.89. The molecule has 0 unspecified atom stereocenters. The third kappa shape index (κ3) is 4.19. The number of sulfonamides is 1. The Morgan fingerprint density at radius 2 is 2.00 bits per heavy atom. The van der Waals surface area contributed by atoms with Gasteiger partial charge in [-0.3, -0.25) is 9.59 Å². The maximum atomic E-state index is 13.0. The Bertz CT molecular complexity index is 852. The molecule has 2 amide bonds. The Balaban J connectivity index is 1.83. The summed E-state index contributed by atoms with van der Waals surface area (Å²) in [6.07, 6.45) is 1.20. The van der Waals surface area contributed by atoms with Crippen molar-refractivity contribution in [1.82, 2.24) is 9.62 Å². The van der Waals surface area contributed by atoms with E-state index in [-0.39, 0.29) is 23.3 Å². The van der Waals surface area contributed by atoms with E-state index in [1.165, 1.54) is 6.07 Å². The first-order valence-corrected chi connectivity index (χ1v) is 10.8.